The molecule has 3 unspecified atom stereocenters. The fourth-order valence-corrected chi connectivity index (χ4v) is 2.32. The highest BCUT2D eigenvalue weighted by molar-refractivity contribution is 5.05. The molecule has 3 heteroatoms. The average Bonchev–Trinajstić information content (AvgIpc) is 2.76. The number of imidazole rings is 1. The Labute approximate surface area is 106 Å². The highest BCUT2D eigenvalue weighted by Gasteiger charge is 2.25. The second kappa shape index (κ2) is 8.29. The molecule has 100 valence electrons. The number of aromatic amines is 1. The van der Waals surface area contributed by atoms with Crippen LogP contribution in [0.3, 0.4) is 0 Å². The van der Waals surface area contributed by atoms with Gasteiger partial charge in [-0.15, -0.1) is 0 Å². The number of ether oxygens (including phenoxy) is 1. The van der Waals surface area contributed by atoms with Crippen molar-refractivity contribution < 1.29 is 4.74 Å². The number of hydrogen-bond acceptors (Lipinski definition) is 2. The SMILES string of the molecule is C.CC1CCC(c2cnc[nH]2)CC1C.COC. The molecule has 1 saturated carbocycles. The highest BCUT2D eigenvalue weighted by atomic mass is 16.4. The smallest absolute Gasteiger partial charge is 0.0921 e. The van der Waals surface area contributed by atoms with Crippen molar-refractivity contribution in [3.8, 4) is 0 Å². The number of H-pyrrole nitrogens is 1. The molecule has 1 aromatic heterocycles. The summed E-state index contributed by atoms with van der Waals surface area (Å²) < 4.78 is 4.25. The van der Waals surface area contributed by atoms with Gasteiger partial charge in [-0.2, -0.15) is 0 Å². The zero-order chi connectivity index (χ0) is 12.0. The Morgan fingerprint density at radius 3 is 2.35 bits per heavy atom. The van der Waals surface area contributed by atoms with Crippen LogP contribution in [-0.2, 0) is 4.74 Å². The zero-order valence-electron chi connectivity index (χ0n) is 10.9. The third-order valence-electron chi connectivity index (χ3n) is 3.56. The number of rotatable bonds is 1. The summed E-state index contributed by atoms with van der Waals surface area (Å²) in [5.41, 5.74) is 1.33. The van der Waals surface area contributed by atoms with E-state index >= 15 is 0 Å². The highest BCUT2D eigenvalue weighted by Crippen LogP contribution is 2.38. The molecule has 1 aliphatic carbocycles. The molecule has 1 N–H and O–H groups in total. The van der Waals surface area contributed by atoms with Crippen LogP contribution in [0, 0.1) is 11.8 Å². The van der Waals surface area contributed by atoms with E-state index in [4.69, 9.17) is 0 Å². The molecule has 0 aromatic carbocycles. The van der Waals surface area contributed by atoms with Crippen molar-refractivity contribution in [1.29, 1.82) is 0 Å². The molecular weight excluding hydrogens is 212 g/mol. The molecule has 1 fully saturated rings. The van der Waals surface area contributed by atoms with Gasteiger partial charge in [-0.1, -0.05) is 21.3 Å². The van der Waals surface area contributed by atoms with E-state index in [0.29, 0.717) is 0 Å². The topological polar surface area (TPSA) is 37.9 Å². The minimum atomic E-state index is 0. The van der Waals surface area contributed by atoms with Crippen LogP contribution in [-0.4, -0.2) is 24.2 Å². The molecule has 1 aliphatic rings. The van der Waals surface area contributed by atoms with Gasteiger partial charge in [0, 0.05) is 32.0 Å². The summed E-state index contributed by atoms with van der Waals surface area (Å²) in [6, 6.07) is 0. The Kier molecular flexibility index (Phi) is 7.88. The van der Waals surface area contributed by atoms with Crippen LogP contribution in [0.5, 0.6) is 0 Å². The van der Waals surface area contributed by atoms with E-state index in [1.807, 2.05) is 6.20 Å². The first kappa shape index (κ1) is 16.2. The van der Waals surface area contributed by atoms with Crippen molar-refractivity contribution in [2.45, 2.75) is 46.5 Å². The van der Waals surface area contributed by atoms with Gasteiger partial charge in [0.15, 0.2) is 0 Å². The molecule has 1 aromatic rings. The molecule has 3 nitrogen and oxygen atoms in total. The van der Waals surface area contributed by atoms with E-state index in [1.54, 1.807) is 20.5 Å². The molecule has 0 saturated heterocycles. The third-order valence-corrected chi connectivity index (χ3v) is 3.56. The zero-order valence-corrected chi connectivity index (χ0v) is 10.9. The summed E-state index contributed by atoms with van der Waals surface area (Å²) in [4.78, 5) is 7.32. The number of methoxy groups -OCH3 is 1. The Balaban J connectivity index is 0.000000583. The minimum absolute atomic E-state index is 0. The summed E-state index contributed by atoms with van der Waals surface area (Å²) in [7, 11) is 3.25. The maximum absolute atomic E-state index is 4.25. The van der Waals surface area contributed by atoms with Crippen LogP contribution in [0.1, 0.15) is 52.1 Å². The van der Waals surface area contributed by atoms with Gasteiger partial charge in [-0.3, -0.25) is 0 Å². The summed E-state index contributed by atoms with van der Waals surface area (Å²) in [6.45, 7) is 4.74. The van der Waals surface area contributed by atoms with Crippen LogP contribution in [0.25, 0.3) is 0 Å². The number of hydrogen-bond donors (Lipinski definition) is 1. The molecule has 0 amide bonds. The van der Waals surface area contributed by atoms with Crippen LogP contribution < -0.4 is 0 Å². The number of nitrogens with one attached hydrogen (secondary N) is 1. The number of aromatic nitrogens is 2. The van der Waals surface area contributed by atoms with E-state index in [-0.39, 0.29) is 7.43 Å². The lowest BCUT2D eigenvalue weighted by atomic mass is 9.75. The molecular formula is C14H28N2O. The fraction of sp³-hybridized carbons (Fsp3) is 0.786. The van der Waals surface area contributed by atoms with Gasteiger partial charge in [0.05, 0.1) is 6.33 Å². The second-order valence-corrected chi connectivity index (χ2v) is 4.88. The quantitative estimate of drug-likeness (QED) is 0.809. The first-order valence-electron chi connectivity index (χ1n) is 6.07. The maximum Gasteiger partial charge on any atom is 0.0921 e. The molecule has 1 heterocycles. The molecule has 0 aliphatic heterocycles. The molecule has 3 atom stereocenters. The van der Waals surface area contributed by atoms with E-state index in [0.717, 1.165) is 17.8 Å². The lowest BCUT2D eigenvalue weighted by Gasteiger charge is -2.31. The van der Waals surface area contributed by atoms with Crippen LogP contribution >= 0.6 is 0 Å². The van der Waals surface area contributed by atoms with Gasteiger partial charge in [0.1, 0.15) is 0 Å². The van der Waals surface area contributed by atoms with Gasteiger partial charge < -0.3 is 9.72 Å². The molecule has 17 heavy (non-hydrogen) atoms. The van der Waals surface area contributed by atoms with Gasteiger partial charge in [0.25, 0.3) is 0 Å². The van der Waals surface area contributed by atoms with Crippen LogP contribution in [0.4, 0.5) is 0 Å². The Morgan fingerprint density at radius 1 is 1.24 bits per heavy atom. The van der Waals surface area contributed by atoms with Gasteiger partial charge in [0.2, 0.25) is 0 Å². The summed E-state index contributed by atoms with van der Waals surface area (Å²) >= 11 is 0. The normalized spacial score (nSPS) is 27.6. The van der Waals surface area contributed by atoms with Crippen molar-refractivity contribution in [3.05, 3.63) is 18.2 Å². The van der Waals surface area contributed by atoms with Crippen molar-refractivity contribution in [3.63, 3.8) is 0 Å². The van der Waals surface area contributed by atoms with Crippen LogP contribution in [0.2, 0.25) is 0 Å². The molecule has 2 rings (SSSR count). The lowest BCUT2D eigenvalue weighted by molar-refractivity contribution is 0.248. The predicted molar refractivity (Wildman–Crippen MR) is 73.2 cm³/mol. The lowest BCUT2D eigenvalue weighted by Crippen LogP contribution is -2.19. The summed E-state index contributed by atoms with van der Waals surface area (Å²) in [5, 5.41) is 0. The van der Waals surface area contributed by atoms with E-state index in [2.05, 4.69) is 28.6 Å². The van der Waals surface area contributed by atoms with E-state index in [1.165, 1.54) is 25.0 Å². The third kappa shape index (κ3) is 4.90. The molecule has 0 spiro atoms. The summed E-state index contributed by atoms with van der Waals surface area (Å²) in [5.74, 6) is 2.50. The largest absolute Gasteiger partial charge is 0.388 e. The van der Waals surface area contributed by atoms with Crippen molar-refractivity contribution in [2.75, 3.05) is 14.2 Å². The minimum Gasteiger partial charge on any atom is -0.388 e. The maximum atomic E-state index is 4.25. The molecule has 0 bridgehead atoms. The summed E-state index contributed by atoms with van der Waals surface area (Å²) in [6.07, 6.45) is 7.79. The van der Waals surface area contributed by atoms with E-state index < -0.39 is 0 Å². The monoisotopic (exact) mass is 240 g/mol. The molecule has 0 radical (unpaired) electrons. The van der Waals surface area contributed by atoms with Gasteiger partial charge in [-0.25, -0.2) is 4.98 Å². The number of nitrogens with zero attached hydrogens (tertiary/aromatic N) is 1. The van der Waals surface area contributed by atoms with Crippen LogP contribution in [0.15, 0.2) is 12.5 Å². The van der Waals surface area contributed by atoms with Crippen molar-refractivity contribution >= 4 is 0 Å². The second-order valence-electron chi connectivity index (χ2n) is 4.88. The first-order chi connectivity index (χ1) is 7.69. The average molecular weight is 240 g/mol. The van der Waals surface area contributed by atoms with Gasteiger partial charge >= 0.3 is 0 Å². The standard InChI is InChI=1S/C11H18N2.C2H6O.CH4/c1-8-3-4-10(5-9(8)2)11-6-12-7-13-11;1-3-2;/h6-10H,3-5H2,1-2H3,(H,12,13);1-2H3;1H4. The van der Waals surface area contributed by atoms with Crippen molar-refractivity contribution in [2.24, 2.45) is 11.8 Å². The Morgan fingerprint density at radius 2 is 1.88 bits per heavy atom. The fourth-order valence-electron chi connectivity index (χ4n) is 2.32. The van der Waals surface area contributed by atoms with Gasteiger partial charge in [-0.05, 0) is 31.1 Å². The van der Waals surface area contributed by atoms with E-state index in [9.17, 15) is 0 Å². The predicted octanol–water partition coefficient (Wildman–Crippen LogP) is 3.85. The Hall–Kier alpha value is -0.830. The Bertz CT molecular complexity index is 272. The first-order valence-corrected chi connectivity index (χ1v) is 6.07. The van der Waals surface area contributed by atoms with Crippen molar-refractivity contribution in [1.82, 2.24) is 9.97 Å².